The Balaban J connectivity index is 2.29. The second-order valence-electron chi connectivity index (χ2n) is 2.70. The first kappa shape index (κ1) is 5.83. The lowest BCUT2D eigenvalue weighted by molar-refractivity contribution is 0.253. The standard InChI is InChI=1S/C8H10O2/c9-7-2-1-6-3-4-10-8(6)5-7/h5,9H,1-4H2. The van der Waals surface area contributed by atoms with E-state index in [1.165, 1.54) is 5.57 Å². The topological polar surface area (TPSA) is 29.5 Å². The van der Waals surface area contributed by atoms with E-state index in [-0.39, 0.29) is 0 Å². The number of allylic oxidation sites excluding steroid dienone is 2. The van der Waals surface area contributed by atoms with Gasteiger partial charge in [-0.2, -0.15) is 0 Å². The second kappa shape index (κ2) is 2.04. The molecule has 1 aliphatic carbocycles. The Morgan fingerprint density at radius 2 is 2.20 bits per heavy atom. The molecular weight excluding hydrogens is 128 g/mol. The Bertz CT molecular complexity index is 213. The van der Waals surface area contributed by atoms with Crippen LogP contribution in [0.5, 0.6) is 0 Å². The molecule has 2 aliphatic rings. The van der Waals surface area contributed by atoms with Gasteiger partial charge in [-0.25, -0.2) is 0 Å². The molecule has 0 aromatic carbocycles. The third-order valence-corrected chi connectivity index (χ3v) is 1.99. The van der Waals surface area contributed by atoms with Gasteiger partial charge in [0.25, 0.3) is 0 Å². The predicted molar refractivity (Wildman–Crippen MR) is 37.5 cm³/mol. The molecule has 0 atom stereocenters. The summed E-state index contributed by atoms with van der Waals surface area (Å²) in [5, 5.41) is 9.10. The molecule has 0 saturated heterocycles. The van der Waals surface area contributed by atoms with Gasteiger partial charge in [0.1, 0.15) is 5.76 Å². The van der Waals surface area contributed by atoms with Crippen molar-refractivity contribution in [3.8, 4) is 0 Å². The van der Waals surface area contributed by atoms with Crippen LogP contribution in [0.1, 0.15) is 19.3 Å². The summed E-state index contributed by atoms with van der Waals surface area (Å²) in [7, 11) is 0. The quantitative estimate of drug-likeness (QED) is 0.554. The van der Waals surface area contributed by atoms with E-state index in [2.05, 4.69) is 0 Å². The van der Waals surface area contributed by atoms with Crippen LogP contribution >= 0.6 is 0 Å². The highest BCUT2D eigenvalue weighted by atomic mass is 16.5. The first-order valence-electron chi connectivity index (χ1n) is 3.60. The van der Waals surface area contributed by atoms with E-state index in [1.807, 2.05) is 0 Å². The number of ether oxygens (including phenoxy) is 1. The van der Waals surface area contributed by atoms with Crippen LogP contribution in [0, 0.1) is 0 Å². The van der Waals surface area contributed by atoms with Crippen LogP contribution in [0.4, 0.5) is 0 Å². The molecule has 2 nitrogen and oxygen atoms in total. The third kappa shape index (κ3) is 0.801. The summed E-state index contributed by atoms with van der Waals surface area (Å²) in [6.07, 6.45) is 4.57. The molecule has 1 N–H and O–H groups in total. The summed E-state index contributed by atoms with van der Waals surface area (Å²) < 4.78 is 5.27. The fraction of sp³-hybridized carbons (Fsp3) is 0.500. The number of hydrogen-bond acceptors (Lipinski definition) is 2. The van der Waals surface area contributed by atoms with Crippen LogP contribution in [0.15, 0.2) is 23.2 Å². The van der Waals surface area contributed by atoms with Gasteiger partial charge in [0, 0.05) is 18.9 Å². The lowest BCUT2D eigenvalue weighted by Crippen LogP contribution is -1.94. The smallest absolute Gasteiger partial charge is 0.121 e. The molecule has 1 aliphatic heterocycles. The zero-order valence-electron chi connectivity index (χ0n) is 5.76. The normalized spacial score (nSPS) is 23.8. The molecule has 0 bridgehead atoms. The number of rotatable bonds is 0. The predicted octanol–water partition coefficient (Wildman–Crippen LogP) is 1.90. The summed E-state index contributed by atoms with van der Waals surface area (Å²) in [4.78, 5) is 0. The van der Waals surface area contributed by atoms with Crippen molar-refractivity contribution in [1.29, 1.82) is 0 Å². The fourth-order valence-electron chi connectivity index (χ4n) is 1.40. The van der Waals surface area contributed by atoms with E-state index in [0.717, 1.165) is 31.6 Å². The molecule has 10 heavy (non-hydrogen) atoms. The highest BCUT2D eigenvalue weighted by Gasteiger charge is 2.18. The second-order valence-corrected chi connectivity index (χ2v) is 2.70. The van der Waals surface area contributed by atoms with Gasteiger partial charge in [-0.15, -0.1) is 0 Å². The average Bonchev–Trinajstić information content (AvgIpc) is 2.33. The minimum absolute atomic E-state index is 0.459. The molecule has 0 amide bonds. The van der Waals surface area contributed by atoms with E-state index < -0.39 is 0 Å². The molecule has 0 saturated carbocycles. The minimum atomic E-state index is 0.459. The number of aliphatic hydroxyl groups excluding tert-OH is 1. The SMILES string of the molecule is OC1=CC2=C(CCO2)CC1. The van der Waals surface area contributed by atoms with Gasteiger partial charge >= 0.3 is 0 Å². The molecule has 2 rings (SSSR count). The molecule has 54 valence electrons. The lowest BCUT2D eigenvalue weighted by atomic mass is 10.0. The third-order valence-electron chi connectivity index (χ3n) is 1.99. The average molecular weight is 138 g/mol. The Labute approximate surface area is 59.8 Å². The molecule has 0 fully saturated rings. The largest absolute Gasteiger partial charge is 0.512 e. The van der Waals surface area contributed by atoms with Crippen molar-refractivity contribution in [1.82, 2.24) is 0 Å². The summed E-state index contributed by atoms with van der Waals surface area (Å²) in [5.74, 6) is 1.38. The van der Waals surface area contributed by atoms with Crippen molar-refractivity contribution in [2.75, 3.05) is 6.61 Å². The van der Waals surface area contributed by atoms with Gasteiger partial charge < -0.3 is 9.84 Å². The number of aliphatic hydroxyl groups is 1. The van der Waals surface area contributed by atoms with E-state index in [0.29, 0.717) is 5.76 Å². The Hall–Kier alpha value is -0.920. The van der Waals surface area contributed by atoms with Crippen LogP contribution in [0.2, 0.25) is 0 Å². The zero-order chi connectivity index (χ0) is 6.97. The lowest BCUT2D eigenvalue weighted by Gasteiger charge is -2.08. The highest BCUT2D eigenvalue weighted by Crippen LogP contribution is 2.30. The Morgan fingerprint density at radius 1 is 1.30 bits per heavy atom. The summed E-state index contributed by atoms with van der Waals surface area (Å²) >= 11 is 0. The first-order valence-corrected chi connectivity index (χ1v) is 3.60. The summed E-state index contributed by atoms with van der Waals surface area (Å²) in [5.41, 5.74) is 1.37. The Morgan fingerprint density at radius 3 is 3.10 bits per heavy atom. The molecular formula is C8H10O2. The highest BCUT2D eigenvalue weighted by molar-refractivity contribution is 5.29. The maximum Gasteiger partial charge on any atom is 0.121 e. The van der Waals surface area contributed by atoms with Gasteiger partial charge in [0.2, 0.25) is 0 Å². The van der Waals surface area contributed by atoms with Crippen LogP contribution in [0.25, 0.3) is 0 Å². The van der Waals surface area contributed by atoms with Crippen molar-refractivity contribution in [2.45, 2.75) is 19.3 Å². The van der Waals surface area contributed by atoms with E-state index in [9.17, 15) is 0 Å². The molecule has 1 heterocycles. The van der Waals surface area contributed by atoms with Crippen molar-refractivity contribution in [3.05, 3.63) is 23.2 Å². The van der Waals surface area contributed by atoms with Crippen LogP contribution in [-0.4, -0.2) is 11.7 Å². The van der Waals surface area contributed by atoms with E-state index >= 15 is 0 Å². The zero-order valence-corrected chi connectivity index (χ0v) is 5.76. The Kier molecular flexibility index (Phi) is 1.19. The van der Waals surface area contributed by atoms with Crippen LogP contribution in [0.3, 0.4) is 0 Å². The maximum atomic E-state index is 9.10. The molecule has 0 aromatic heterocycles. The van der Waals surface area contributed by atoms with Crippen molar-refractivity contribution >= 4 is 0 Å². The number of hydrogen-bond donors (Lipinski definition) is 1. The van der Waals surface area contributed by atoms with Gasteiger partial charge in [0.15, 0.2) is 0 Å². The summed E-state index contributed by atoms with van der Waals surface area (Å²) in [6.45, 7) is 0.800. The van der Waals surface area contributed by atoms with E-state index in [4.69, 9.17) is 9.84 Å². The van der Waals surface area contributed by atoms with Crippen molar-refractivity contribution < 1.29 is 9.84 Å². The van der Waals surface area contributed by atoms with Crippen molar-refractivity contribution in [2.24, 2.45) is 0 Å². The van der Waals surface area contributed by atoms with Gasteiger partial charge in [-0.3, -0.25) is 0 Å². The summed E-state index contributed by atoms with van der Waals surface area (Å²) in [6, 6.07) is 0. The van der Waals surface area contributed by atoms with Gasteiger partial charge in [-0.1, -0.05) is 0 Å². The van der Waals surface area contributed by atoms with E-state index in [1.54, 1.807) is 6.08 Å². The molecule has 0 spiro atoms. The van der Waals surface area contributed by atoms with Crippen LogP contribution in [-0.2, 0) is 4.74 Å². The molecule has 0 radical (unpaired) electrons. The van der Waals surface area contributed by atoms with Crippen molar-refractivity contribution in [3.63, 3.8) is 0 Å². The van der Waals surface area contributed by atoms with Gasteiger partial charge in [-0.05, 0) is 12.0 Å². The minimum Gasteiger partial charge on any atom is -0.512 e. The molecule has 2 heteroatoms. The van der Waals surface area contributed by atoms with Gasteiger partial charge in [0.05, 0.1) is 12.4 Å². The van der Waals surface area contributed by atoms with Crippen LogP contribution < -0.4 is 0 Å². The molecule has 0 aromatic rings. The molecule has 0 unspecified atom stereocenters. The monoisotopic (exact) mass is 138 g/mol. The first-order chi connectivity index (χ1) is 4.86. The fourth-order valence-corrected chi connectivity index (χ4v) is 1.40. The maximum absolute atomic E-state index is 9.10.